The van der Waals surface area contributed by atoms with Gasteiger partial charge in [0.2, 0.25) is 0 Å². The molecule has 0 saturated heterocycles. The van der Waals surface area contributed by atoms with Gasteiger partial charge in [0.15, 0.2) is 0 Å². The van der Waals surface area contributed by atoms with Crippen molar-refractivity contribution < 1.29 is 5.11 Å². The van der Waals surface area contributed by atoms with Gasteiger partial charge in [0.1, 0.15) is 5.69 Å². The summed E-state index contributed by atoms with van der Waals surface area (Å²) in [6, 6.07) is 0. The van der Waals surface area contributed by atoms with Crippen molar-refractivity contribution in [1.82, 2.24) is 15.0 Å². The van der Waals surface area contributed by atoms with Crippen molar-refractivity contribution in [1.29, 1.82) is 0 Å². The molecular formula is C15H29N3O. The molecule has 110 valence electrons. The zero-order valence-corrected chi connectivity index (χ0v) is 12.4. The molecule has 0 aliphatic carbocycles. The third kappa shape index (κ3) is 7.98. The second-order valence-electron chi connectivity index (χ2n) is 5.31. The number of aliphatic hydroxyl groups excluding tert-OH is 1. The molecule has 1 rings (SSSR count). The molecule has 0 aromatic carbocycles. The van der Waals surface area contributed by atoms with E-state index in [-0.39, 0.29) is 6.61 Å². The van der Waals surface area contributed by atoms with Gasteiger partial charge in [-0.3, -0.25) is 4.68 Å². The van der Waals surface area contributed by atoms with E-state index in [0.717, 1.165) is 13.0 Å². The van der Waals surface area contributed by atoms with Crippen LogP contribution in [-0.4, -0.2) is 20.1 Å². The van der Waals surface area contributed by atoms with E-state index in [1.165, 1.54) is 57.8 Å². The van der Waals surface area contributed by atoms with E-state index in [9.17, 15) is 0 Å². The molecule has 0 aliphatic heterocycles. The molecule has 4 nitrogen and oxygen atoms in total. The summed E-state index contributed by atoms with van der Waals surface area (Å²) in [5, 5.41) is 16.7. The normalized spacial score (nSPS) is 11.1. The van der Waals surface area contributed by atoms with E-state index >= 15 is 0 Å². The van der Waals surface area contributed by atoms with Crippen molar-refractivity contribution in [3.8, 4) is 0 Å². The van der Waals surface area contributed by atoms with Gasteiger partial charge in [0.25, 0.3) is 0 Å². The highest BCUT2D eigenvalue weighted by molar-refractivity contribution is 4.88. The molecule has 1 aromatic rings. The fourth-order valence-corrected chi connectivity index (χ4v) is 2.28. The highest BCUT2D eigenvalue weighted by Gasteiger charge is 1.98. The van der Waals surface area contributed by atoms with Crippen LogP contribution in [0.2, 0.25) is 0 Å². The number of hydrogen-bond donors (Lipinski definition) is 1. The summed E-state index contributed by atoms with van der Waals surface area (Å²) in [6.45, 7) is 3.17. The van der Waals surface area contributed by atoms with E-state index in [1.54, 1.807) is 0 Å². The van der Waals surface area contributed by atoms with Gasteiger partial charge in [-0.15, -0.1) is 5.10 Å². The molecule has 1 aromatic heterocycles. The summed E-state index contributed by atoms with van der Waals surface area (Å²) >= 11 is 0. The summed E-state index contributed by atoms with van der Waals surface area (Å²) < 4.78 is 1.83. The lowest BCUT2D eigenvalue weighted by Crippen LogP contribution is -1.98. The molecule has 19 heavy (non-hydrogen) atoms. The summed E-state index contributed by atoms with van der Waals surface area (Å²) in [7, 11) is 0. The average molecular weight is 267 g/mol. The van der Waals surface area contributed by atoms with E-state index < -0.39 is 0 Å². The molecule has 0 spiro atoms. The Kier molecular flexibility index (Phi) is 9.33. The summed E-state index contributed by atoms with van der Waals surface area (Å²) in [6.07, 6.45) is 15.3. The Labute approximate surface area is 117 Å². The van der Waals surface area contributed by atoms with Gasteiger partial charge in [0.05, 0.1) is 12.8 Å². The van der Waals surface area contributed by atoms with Crippen LogP contribution < -0.4 is 0 Å². The van der Waals surface area contributed by atoms with Crippen LogP contribution in [0, 0.1) is 0 Å². The maximum atomic E-state index is 8.88. The summed E-state index contributed by atoms with van der Waals surface area (Å²) in [5.41, 5.74) is 0.659. The fraction of sp³-hybridized carbons (Fsp3) is 0.867. The SMILES string of the molecule is CCCCCCCCCCCCn1cc(CO)nn1. The van der Waals surface area contributed by atoms with Gasteiger partial charge in [0, 0.05) is 6.54 Å². The van der Waals surface area contributed by atoms with Gasteiger partial charge in [-0.2, -0.15) is 0 Å². The van der Waals surface area contributed by atoms with Gasteiger partial charge in [-0.1, -0.05) is 69.9 Å². The van der Waals surface area contributed by atoms with Crippen LogP contribution in [0.3, 0.4) is 0 Å². The molecule has 1 heterocycles. The Morgan fingerprint density at radius 2 is 1.53 bits per heavy atom. The molecule has 0 unspecified atom stereocenters. The zero-order valence-electron chi connectivity index (χ0n) is 12.4. The number of rotatable bonds is 12. The van der Waals surface area contributed by atoms with Crippen molar-refractivity contribution in [3.05, 3.63) is 11.9 Å². The lowest BCUT2D eigenvalue weighted by Gasteiger charge is -2.02. The molecule has 1 N–H and O–H groups in total. The molecule has 0 aliphatic rings. The fourth-order valence-electron chi connectivity index (χ4n) is 2.28. The predicted molar refractivity (Wildman–Crippen MR) is 77.8 cm³/mol. The van der Waals surface area contributed by atoms with Gasteiger partial charge >= 0.3 is 0 Å². The van der Waals surface area contributed by atoms with Crippen LogP contribution in [0.15, 0.2) is 6.20 Å². The molecule has 0 atom stereocenters. The van der Waals surface area contributed by atoms with Crippen LogP contribution in [-0.2, 0) is 13.2 Å². The van der Waals surface area contributed by atoms with E-state index in [4.69, 9.17) is 5.11 Å². The molecule has 0 saturated carbocycles. The minimum atomic E-state index is -0.0158. The standard InChI is InChI=1S/C15H29N3O/c1-2-3-4-5-6-7-8-9-10-11-12-18-13-15(14-19)16-17-18/h13,19H,2-12,14H2,1H3. The van der Waals surface area contributed by atoms with E-state index in [1.807, 2.05) is 10.9 Å². The minimum absolute atomic E-state index is 0.0158. The maximum Gasteiger partial charge on any atom is 0.108 e. The predicted octanol–water partition coefficient (Wildman–Crippen LogP) is 3.69. The van der Waals surface area contributed by atoms with Crippen LogP contribution in [0.1, 0.15) is 76.8 Å². The smallest absolute Gasteiger partial charge is 0.108 e. The molecule has 0 amide bonds. The Balaban J connectivity index is 1.86. The second-order valence-corrected chi connectivity index (χ2v) is 5.31. The van der Waals surface area contributed by atoms with Gasteiger partial charge < -0.3 is 5.11 Å². The second kappa shape index (κ2) is 11.0. The van der Waals surface area contributed by atoms with Crippen molar-refractivity contribution in [2.24, 2.45) is 0 Å². The quantitative estimate of drug-likeness (QED) is 0.588. The first-order valence-corrected chi connectivity index (χ1v) is 7.86. The Bertz CT molecular complexity index is 312. The van der Waals surface area contributed by atoms with Gasteiger partial charge in [-0.05, 0) is 6.42 Å². The number of aryl methyl sites for hydroxylation is 1. The van der Waals surface area contributed by atoms with Crippen LogP contribution in [0.5, 0.6) is 0 Å². The lowest BCUT2D eigenvalue weighted by molar-refractivity contribution is 0.276. The van der Waals surface area contributed by atoms with Crippen LogP contribution in [0.4, 0.5) is 0 Å². The molecule has 0 fully saturated rings. The van der Waals surface area contributed by atoms with Crippen molar-refractivity contribution >= 4 is 0 Å². The maximum absolute atomic E-state index is 8.88. The van der Waals surface area contributed by atoms with Crippen molar-refractivity contribution in [2.75, 3.05) is 0 Å². The van der Waals surface area contributed by atoms with Gasteiger partial charge in [-0.25, -0.2) is 0 Å². The monoisotopic (exact) mass is 267 g/mol. The molecule has 4 heteroatoms. The largest absolute Gasteiger partial charge is 0.390 e. The van der Waals surface area contributed by atoms with Crippen molar-refractivity contribution in [3.63, 3.8) is 0 Å². The number of aliphatic hydroxyl groups is 1. The van der Waals surface area contributed by atoms with Crippen LogP contribution >= 0.6 is 0 Å². The first kappa shape index (κ1) is 16.2. The molecule has 0 bridgehead atoms. The topological polar surface area (TPSA) is 50.9 Å². The first-order valence-electron chi connectivity index (χ1n) is 7.86. The number of nitrogens with zero attached hydrogens (tertiary/aromatic N) is 3. The Morgan fingerprint density at radius 1 is 0.947 bits per heavy atom. The number of unbranched alkanes of at least 4 members (excludes halogenated alkanes) is 9. The van der Waals surface area contributed by atoms with Crippen molar-refractivity contribution in [2.45, 2.75) is 84.3 Å². The molecular weight excluding hydrogens is 238 g/mol. The third-order valence-corrected chi connectivity index (χ3v) is 3.49. The Hall–Kier alpha value is -0.900. The lowest BCUT2D eigenvalue weighted by atomic mass is 10.1. The number of hydrogen-bond acceptors (Lipinski definition) is 3. The first-order chi connectivity index (χ1) is 9.36. The highest BCUT2D eigenvalue weighted by atomic mass is 16.3. The van der Waals surface area contributed by atoms with E-state index in [2.05, 4.69) is 17.2 Å². The summed E-state index contributed by atoms with van der Waals surface area (Å²) in [5.74, 6) is 0. The average Bonchev–Trinajstić information content (AvgIpc) is 2.89. The number of aromatic nitrogens is 3. The van der Waals surface area contributed by atoms with E-state index in [0.29, 0.717) is 5.69 Å². The van der Waals surface area contributed by atoms with Crippen LogP contribution in [0.25, 0.3) is 0 Å². The minimum Gasteiger partial charge on any atom is -0.390 e. The third-order valence-electron chi connectivity index (χ3n) is 3.49. The summed E-state index contributed by atoms with van der Waals surface area (Å²) in [4.78, 5) is 0. The Morgan fingerprint density at radius 3 is 2.05 bits per heavy atom. The highest BCUT2D eigenvalue weighted by Crippen LogP contribution is 2.10. The molecule has 0 radical (unpaired) electrons. The zero-order chi connectivity index (χ0) is 13.8.